The van der Waals surface area contributed by atoms with Gasteiger partial charge in [-0.25, -0.2) is 4.21 Å². The first-order chi connectivity index (χ1) is 9.03. The summed E-state index contributed by atoms with van der Waals surface area (Å²) in [4.78, 5) is 12.6. The molecule has 0 saturated carbocycles. The molecule has 0 aliphatic carbocycles. The third-order valence-corrected chi connectivity index (χ3v) is 5.00. The maximum Gasteiger partial charge on any atom is 0.285 e. The fourth-order valence-corrected chi connectivity index (χ4v) is 3.80. The Kier molecular flexibility index (Phi) is 4.01. The molecule has 2 aromatic rings. The molecule has 1 unspecified atom stereocenters. The van der Waals surface area contributed by atoms with Crippen molar-refractivity contribution in [2.24, 2.45) is 4.36 Å². The van der Waals surface area contributed by atoms with Gasteiger partial charge in [-0.3, -0.25) is 4.79 Å². The third-order valence-electron chi connectivity index (χ3n) is 2.53. The lowest BCUT2D eigenvalue weighted by atomic mass is 10.2. The highest BCUT2D eigenvalue weighted by molar-refractivity contribution is 7.93. The second kappa shape index (κ2) is 5.54. The summed E-state index contributed by atoms with van der Waals surface area (Å²) in [7, 11) is -1.12. The van der Waals surface area contributed by atoms with E-state index in [0.29, 0.717) is 16.2 Å². The van der Waals surface area contributed by atoms with Gasteiger partial charge in [-0.15, -0.1) is 0 Å². The van der Waals surface area contributed by atoms with Gasteiger partial charge in [0.2, 0.25) is 0 Å². The molecule has 4 nitrogen and oxygen atoms in total. The number of hydrogen-bond acceptors (Lipinski definition) is 4. The van der Waals surface area contributed by atoms with Crippen LogP contribution in [0.25, 0.3) is 0 Å². The first kappa shape index (κ1) is 13.8. The number of amides is 1. The molecule has 2 rings (SSSR count). The minimum absolute atomic E-state index is 0.394. The lowest BCUT2D eigenvalue weighted by Gasteiger charge is -2.02. The number of rotatable bonds is 3. The molecule has 0 fully saturated rings. The van der Waals surface area contributed by atoms with Crippen molar-refractivity contribution in [1.29, 1.82) is 0 Å². The largest absolute Gasteiger partial charge is 0.497 e. The van der Waals surface area contributed by atoms with Gasteiger partial charge in [0.05, 0.1) is 21.7 Å². The predicted molar refractivity (Wildman–Crippen MR) is 76.4 cm³/mol. The van der Waals surface area contributed by atoms with Crippen LogP contribution in [0.1, 0.15) is 10.4 Å². The molecule has 100 valence electrons. The van der Waals surface area contributed by atoms with Crippen LogP contribution in [0.5, 0.6) is 5.75 Å². The number of carbonyl (C=O) groups is 1. The van der Waals surface area contributed by atoms with Gasteiger partial charge in [-0.2, -0.15) is 15.7 Å². The fourth-order valence-electron chi connectivity index (χ4n) is 1.46. The van der Waals surface area contributed by atoms with E-state index in [9.17, 15) is 9.00 Å². The molecular formula is C13H13NO3S2. The Balaban J connectivity index is 2.32. The summed E-state index contributed by atoms with van der Waals surface area (Å²) in [6.07, 6.45) is 1.47. The number of carbonyl (C=O) groups excluding carboxylic acids is 1. The molecule has 0 radical (unpaired) electrons. The zero-order chi connectivity index (χ0) is 13.9. The van der Waals surface area contributed by atoms with E-state index in [0.717, 1.165) is 0 Å². The van der Waals surface area contributed by atoms with Crippen molar-refractivity contribution in [3.8, 4) is 5.75 Å². The summed E-state index contributed by atoms with van der Waals surface area (Å²) in [6, 6.07) is 8.27. The van der Waals surface area contributed by atoms with E-state index in [1.54, 1.807) is 42.8 Å². The first-order valence-electron chi connectivity index (χ1n) is 5.46. The Labute approximate surface area is 116 Å². The molecule has 19 heavy (non-hydrogen) atoms. The maximum atomic E-state index is 12.4. The number of benzene rings is 1. The Hall–Kier alpha value is -1.66. The molecule has 0 saturated heterocycles. The van der Waals surface area contributed by atoms with Crippen molar-refractivity contribution >= 4 is 27.0 Å². The fraction of sp³-hybridized carbons (Fsp3) is 0.154. The summed E-state index contributed by atoms with van der Waals surface area (Å²) in [5.74, 6) is 0.174. The van der Waals surface area contributed by atoms with E-state index in [-0.39, 0.29) is 0 Å². The van der Waals surface area contributed by atoms with Crippen molar-refractivity contribution in [3.05, 3.63) is 46.7 Å². The van der Waals surface area contributed by atoms with E-state index < -0.39 is 15.6 Å². The van der Waals surface area contributed by atoms with Gasteiger partial charge in [-0.1, -0.05) is 0 Å². The second-order valence-corrected chi connectivity index (χ2v) is 6.93. The Morgan fingerprint density at radius 2 is 1.95 bits per heavy atom. The van der Waals surface area contributed by atoms with Crippen LogP contribution in [-0.4, -0.2) is 23.5 Å². The molecule has 0 spiro atoms. The van der Waals surface area contributed by atoms with Crippen molar-refractivity contribution in [3.63, 3.8) is 0 Å². The van der Waals surface area contributed by atoms with Crippen LogP contribution in [0.15, 0.2) is 50.4 Å². The average molecular weight is 295 g/mol. The van der Waals surface area contributed by atoms with Crippen molar-refractivity contribution in [2.45, 2.75) is 4.90 Å². The summed E-state index contributed by atoms with van der Waals surface area (Å²) in [5, 5.41) is 3.55. The van der Waals surface area contributed by atoms with Gasteiger partial charge in [0, 0.05) is 17.2 Å². The molecule has 0 bridgehead atoms. The topological polar surface area (TPSA) is 55.7 Å². The molecule has 6 heteroatoms. The Morgan fingerprint density at radius 3 is 2.47 bits per heavy atom. The van der Waals surface area contributed by atoms with Gasteiger partial charge in [0.15, 0.2) is 0 Å². The van der Waals surface area contributed by atoms with Gasteiger partial charge < -0.3 is 4.74 Å². The van der Waals surface area contributed by atoms with Crippen LogP contribution in [-0.2, 0) is 9.73 Å². The minimum Gasteiger partial charge on any atom is -0.497 e. The molecule has 0 aliphatic heterocycles. The number of methoxy groups -OCH3 is 1. The van der Waals surface area contributed by atoms with Crippen LogP contribution in [0, 0.1) is 0 Å². The van der Waals surface area contributed by atoms with Gasteiger partial charge in [0.1, 0.15) is 5.75 Å². The Bertz CT molecular complexity index is 681. The molecule has 1 aromatic carbocycles. The van der Waals surface area contributed by atoms with E-state index in [1.165, 1.54) is 17.6 Å². The zero-order valence-corrected chi connectivity index (χ0v) is 12.2. The van der Waals surface area contributed by atoms with Gasteiger partial charge in [0.25, 0.3) is 5.91 Å². The van der Waals surface area contributed by atoms with Crippen molar-refractivity contribution < 1.29 is 13.7 Å². The SMILES string of the molecule is COc1ccc(C(=O)N=S(C)(=O)c2ccsc2)cc1. The van der Waals surface area contributed by atoms with E-state index in [1.807, 2.05) is 5.38 Å². The number of thiophene rings is 1. The highest BCUT2D eigenvalue weighted by atomic mass is 32.2. The van der Waals surface area contributed by atoms with Gasteiger partial charge in [-0.05, 0) is 35.7 Å². The van der Waals surface area contributed by atoms with Crippen LogP contribution in [0.2, 0.25) is 0 Å². The number of hydrogen-bond donors (Lipinski definition) is 0. The molecule has 1 amide bonds. The molecule has 0 N–H and O–H groups in total. The normalized spacial score (nSPS) is 13.6. The van der Waals surface area contributed by atoms with Crippen LogP contribution < -0.4 is 4.74 Å². The van der Waals surface area contributed by atoms with Crippen LogP contribution >= 0.6 is 11.3 Å². The second-order valence-electron chi connectivity index (χ2n) is 3.89. The highest BCUT2D eigenvalue weighted by Crippen LogP contribution is 2.17. The monoisotopic (exact) mass is 295 g/mol. The lowest BCUT2D eigenvalue weighted by molar-refractivity contribution is 0.100. The molecule has 0 aliphatic rings. The molecule has 1 aromatic heterocycles. The van der Waals surface area contributed by atoms with Crippen molar-refractivity contribution in [2.75, 3.05) is 13.4 Å². The number of ether oxygens (including phenoxy) is 1. The first-order valence-corrected chi connectivity index (χ1v) is 8.32. The molecule has 1 atom stereocenters. The lowest BCUT2D eigenvalue weighted by Crippen LogP contribution is -2.03. The summed E-state index contributed by atoms with van der Waals surface area (Å²) in [6.45, 7) is 0. The third kappa shape index (κ3) is 3.21. The van der Waals surface area contributed by atoms with E-state index in [2.05, 4.69) is 4.36 Å². The Morgan fingerprint density at radius 1 is 1.26 bits per heavy atom. The number of nitrogens with zero attached hydrogens (tertiary/aromatic N) is 1. The van der Waals surface area contributed by atoms with Crippen LogP contribution in [0.4, 0.5) is 0 Å². The minimum atomic E-state index is -2.68. The highest BCUT2D eigenvalue weighted by Gasteiger charge is 2.11. The zero-order valence-electron chi connectivity index (χ0n) is 10.5. The maximum absolute atomic E-state index is 12.4. The van der Waals surface area contributed by atoms with Crippen molar-refractivity contribution in [1.82, 2.24) is 0 Å². The smallest absolute Gasteiger partial charge is 0.285 e. The van der Waals surface area contributed by atoms with Gasteiger partial charge >= 0.3 is 0 Å². The van der Waals surface area contributed by atoms with E-state index >= 15 is 0 Å². The summed E-state index contributed by atoms with van der Waals surface area (Å²) in [5.41, 5.74) is 0.394. The van der Waals surface area contributed by atoms with Crippen LogP contribution in [0.3, 0.4) is 0 Å². The summed E-state index contributed by atoms with van der Waals surface area (Å²) < 4.78 is 21.2. The predicted octanol–water partition coefficient (Wildman–Crippen LogP) is 3.05. The quantitative estimate of drug-likeness (QED) is 0.874. The molecule has 1 heterocycles. The van der Waals surface area contributed by atoms with E-state index in [4.69, 9.17) is 4.74 Å². The standard InChI is InChI=1S/C13H13NO3S2/c1-17-11-5-3-10(4-6-11)13(15)14-19(2,16)12-7-8-18-9-12/h3-9H,1-2H3. The molecular weight excluding hydrogens is 282 g/mol. The average Bonchev–Trinajstić information content (AvgIpc) is 2.93. The summed E-state index contributed by atoms with van der Waals surface area (Å²) >= 11 is 1.43.